The summed E-state index contributed by atoms with van der Waals surface area (Å²) in [4.78, 5) is 17.3. The molecule has 134 valence electrons. The van der Waals surface area contributed by atoms with Crippen molar-refractivity contribution in [1.82, 2.24) is 19.7 Å². The number of nitrogens with zero attached hydrogens (tertiary/aromatic N) is 3. The monoisotopic (exact) mass is 360 g/mol. The van der Waals surface area contributed by atoms with E-state index in [1.807, 2.05) is 31.4 Å². The van der Waals surface area contributed by atoms with Gasteiger partial charge in [0.25, 0.3) is 5.91 Å². The van der Waals surface area contributed by atoms with Gasteiger partial charge in [-0.1, -0.05) is 23.7 Å². The van der Waals surface area contributed by atoms with Crippen molar-refractivity contribution in [3.05, 3.63) is 58.9 Å². The lowest BCUT2D eigenvalue weighted by Gasteiger charge is -2.38. The van der Waals surface area contributed by atoms with E-state index in [2.05, 4.69) is 32.8 Å². The second-order valence-electron chi connectivity index (χ2n) is 6.59. The number of aryl methyl sites for hydroxylation is 1. The molecular weight excluding hydrogens is 336 g/mol. The van der Waals surface area contributed by atoms with Crippen molar-refractivity contribution in [1.29, 1.82) is 0 Å². The van der Waals surface area contributed by atoms with Crippen LogP contribution < -0.4 is 5.32 Å². The zero-order valence-corrected chi connectivity index (χ0v) is 15.5. The molecule has 1 N–H and O–H groups in total. The number of hydrogen-bond donors (Lipinski definition) is 1. The molecule has 6 heteroatoms. The number of rotatable bonds is 5. The molecule has 1 aromatic heterocycles. The molecule has 2 aromatic rings. The summed E-state index contributed by atoms with van der Waals surface area (Å²) in [5, 5.41) is 3.55. The Labute approximate surface area is 154 Å². The van der Waals surface area contributed by atoms with Gasteiger partial charge >= 0.3 is 0 Å². The molecular formula is C19H25ClN4O. The highest BCUT2D eigenvalue weighted by molar-refractivity contribution is 6.33. The molecule has 1 aliphatic heterocycles. The van der Waals surface area contributed by atoms with Gasteiger partial charge in [0, 0.05) is 51.7 Å². The Morgan fingerprint density at radius 2 is 1.84 bits per heavy atom. The van der Waals surface area contributed by atoms with E-state index in [1.54, 1.807) is 12.1 Å². The van der Waals surface area contributed by atoms with Gasteiger partial charge in [-0.3, -0.25) is 9.69 Å². The number of carbonyl (C=O) groups excluding carboxylic acids is 1. The summed E-state index contributed by atoms with van der Waals surface area (Å²) >= 11 is 6.14. The molecule has 1 amide bonds. The van der Waals surface area contributed by atoms with Crippen molar-refractivity contribution in [3.63, 3.8) is 0 Å². The van der Waals surface area contributed by atoms with Crippen LogP contribution in [-0.4, -0.2) is 60.0 Å². The Kier molecular flexibility index (Phi) is 5.78. The Bertz CT molecular complexity index is 722. The van der Waals surface area contributed by atoms with Crippen molar-refractivity contribution in [2.45, 2.75) is 6.04 Å². The van der Waals surface area contributed by atoms with Gasteiger partial charge in [0.2, 0.25) is 0 Å². The zero-order valence-electron chi connectivity index (χ0n) is 14.8. The van der Waals surface area contributed by atoms with Crippen LogP contribution in [0.3, 0.4) is 0 Å². The molecule has 2 heterocycles. The average Bonchev–Trinajstić information content (AvgIpc) is 3.03. The third-order valence-electron chi connectivity index (χ3n) is 4.88. The number of benzene rings is 1. The topological polar surface area (TPSA) is 40.5 Å². The molecule has 1 aliphatic rings. The maximum Gasteiger partial charge on any atom is 0.252 e. The van der Waals surface area contributed by atoms with Gasteiger partial charge in [0.05, 0.1) is 16.6 Å². The summed E-state index contributed by atoms with van der Waals surface area (Å²) in [6.07, 6.45) is 2.05. The highest BCUT2D eigenvalue weighted by Crippen LogP contribution is 2.22. The second kappa shape index (κ2) is 8.04. The van der Waals surface area contributed by atoms with Crippen molar-refractivity contribution in [2.24, 2.45) is 7.05 Å². The first-order chi connectivity index (χ1) is 12.1. The van der Waals surface area contributed by atoms with E-state index in [0.717, 1.165) is 26.2 Å². The smallest absolute Gasteiger partial charge is 0.252 e. The van der Waals surface area contributed by atoms with Crippen LogP contribution in [-0.2, 0) is 7.05 Å². The Balaban J connectivity index is 1.73. The predicted octanol–water partition coefficient (Wildman–Crippen LogP) is 2.40. The van der Waals surface area contributed by atoms with Crippen molar-refractivity contribution in [3.8, 4) is 0 Å². The first kappa shape index (κ1) is 18.0. The van der Waals surface area contributed by atoms with Gasteiger partial charge in [-0.25, -0.2) is 0 Å². The average molecular weight is 361 g/mol. The van der Waals surface area contributed by atoms with E-state index in [-0.39, 0.29) is 11.9 Å². The van der Waals surface area contributed by atoms with Gasteiger partial charge in [-0.2, -0.15) is 0 Å². The Morgan fingerprint density at radius 1 is 1.12 bits per heavy atom. The highest BCUT2D eigenvalue weighted by atomic mass is 35.5. The summed E-state index contributed by atoms with van der Waals surface area (Å²) in [6, 6.07) is 11.5. The summed E-state index contributed by atoms with van der Waals surface area (Å²) in [5.74, 6) is -0.126. The van der Waals surface area contributed by atoms with E-state index in [0.29, 0.717) is 17.1 Å². The molecule has 0 radical (unpaired) electrons. The molecule has 1 atom stereocenters. The number of halogens is 1. The minimum absolute atomic E-state index is 0.126. The molecule has 1 aromatic carbocycles. The van der Waals surface area contributed by atoms with E-state index in [1.165, 1.54) is 5.69 Å². The minimum atomic E-state index is -0.126. The summed E-state index contributed by atoms with van der Waals surface area (Å²) < 4.78 is 2.13. The van der Waals surface area contributed by atoms with Crippen LogP contribution >= 0.6 is 11.6 Å². The van der Waals surface area contributed by atoms with Crippen LogP contribution in [0.4, 0.5) is 0 Å². The number of amides is 1. The third-order valence-corrected chi connectivity index (χ3v) is 5.21. The molecule has 3 rings (SSSR count). The number of hydrogen-bond acceptors (Lipinski definition) is 3. The Hall–Kier alpha value is -1.82. The zero-order chi connectivity index (χ0) is 17.8. The summed E-state index contributed by atoms with van der Waals surface area (Å²) in [6.45, 7) is 4.63. The summed E-state index contributed by atoms with van der Waals surface area (Å²) in [7, 11) is 4.20. The molecule has 0 saturated carbocycles. The standard InChI is InChI=1S/C19H25ClN4O/c1-22-10-12-24(13-11-22)18(17-8-5-9-23(17)2)14-21-19(25)15-6-3-4-7-16(15)20/h3-9,18H,10-14H2,1-2H3,(H,21,25). The lowest BCUT2D eigenvalue weighted by Crippen LogP contribution is -2.48. The molecule has 25 heavy (non-hydrogen) atoms. The van der Waals surface area contributed by atoms with Crippen LogP contribution in [0.2, 0.25) is 5.02 Å². The number of likely N-dealkylation sites (N-methyl/N-ethyl adjacent to an activating group) is 1. The van der Waals surface area contributed by atoms with Crippen molar-refractivity contribution >= 4 is 17.5 Å². The lowest BCUT2D eigenvalue weighted by atomic mass is 10.1. The fourth-order valence-corrected chi connectivity index (χ4v) is 3.53. The molecule has 0 aliphatic carbocycles. The number of aromatic nitrogens is 1. The first-order valence-corrected chi connectivity index (χ1v) is 9.00. The molecule has 1 unspecified atom stereocenters. The Morgan fingerprint density at radius 3 is 2.48 bits per heavy atom. The van der Waals surface area contributed by atoms with Crippen LogP contribution in [0.25, 0.3) is 0 Å². The van der Waals surface area contributed by atoms with E-state index in [4.69, 9.17) is 11.6 Å². The maximum absolute atomic E-state index is 12.5. The van der Waals surface area contributed by atoms with Crippen molar-refractivity contribution < 1.29 is 4.79 Å². The normalized spacial score (nSPS) is 17.4. The third kappa shape index (κ3) is 4.24. The van der Waals surface area contributed by atoms with E-state index >= 15 is 0 Å². The van der Waals surface area contributed by atoms with Crippen LogP contribution in [0, 0.1) is 0 Å². The molecule has 5 nitrogen and oxygen atoms in total. The maximum atomic E-state index is 12.5. The molecule has 1 fully saturated rings. The lowest BCUT2D eigenvalue weighted by molar-refractivity contribution is 0.0877. The summed E-state index contributed by atoms with van der Waals surface area (Å²) in [5.41, 5.74) is 1.73. The van der Waals surface area contributed by atoms with Gasteiger partial charge in [0.15, 0.2) is 0 Å². The van der Waals surface area contributed by atoms with E-state index < -0.39 is 0 Å². The number of nitrogens with one attached hydrogen (secondary N) is 1. The second-order valence-corrected chi connectivity index (χ2v) is 7.00. The van der Waals surface area contributed by atoms with E-state index in [9.17, 15) is 4.79 Å². The van der Waals surface area contributed by atoms with Gasteiger partial charge in [-0.15, -0.1) is 0 Å². The van der Waals surface area contributed by atoms with Crippen LogP contribution in [0.15, 0.2) is 42.6 Å². The predicted molar refractivity (Wildman–Crippen MR) is 101 cm³/mol. The molecule has 1 saturated heterocycles. The highest BCUT2D eigenvalue weighted by Gasteiger charge is 2.26. The van der Waals surface area contributed by atoms with Crippen LogP contribution in [0.5, 0.6) is 0 Å². The van der Waals surface area contributed by atoms with Crippen molar-refractivity contribution in [2.75, 3.05) is 39.8 Å². The molecule has 0 spiro atoms. The largest absolute Gasteiger partial charge is 0.353 e. The van der Waals surface area contributed by atoms with Gasteiger partial charge in [-0.05, 0) is 31.3 Å². The van der Waals surface area contributed by atoms with Gasteiger partial charge in [0.1, 0.15) is 0 Å². The van der Waals surface area contributed by atoms with Crippen LogP contribution in [0.1, 0.15) is 22.1 Å². The minimum Gasteiger partial charge on any atom is -0.353 e. The quantitative estimate of drug-likeness (QED) is 0.890. The van der Waals surface area contributed by atoms with Gasteiger partial charge < -0.3 is 14.8 Å². The molecule has 0 bridgehead atoms. The SMILES string of the molecule is CN1CCN(C(CNC(=O)c2ccccc2Cl)c2cccn2C)CC1. The fourth-order valence-electron chi connectivity index (χ4n) is 3.30. The number of piperazine rings is 1. The first-order valence-electron chi connectivity index (χ1n) is 8.63. The fraction of sp³-hybridized carbons (Fsp3) is 0.421. The number of carbonyl (C=O) groups is 1.